The van der Waals surface area contributed by atoms with Gasteiger partial charge in [-0.1, -0.05) is 6.92 Å². The molecule has 5 nitrogen and oxygen atoms in total. The maximum atomic E-state index is 12.3. The average Bonchev–Trinajstić information content (AvgIpc) is 2.58. The maximum absolute atomic E-state index is 12.3. The number of carbonyl (C=O) groups excluding carboxylic acids is 2. The first-order valence-corrected chi connectivity index (χ1v) is 8.51. The molecule has 5 heteroatoms. The van der Waals surface area contributed by atoms with E-state index in [1.807, 2.05) is 23.1 Å². The Morgan fingerprint density at radius 3 is 3.00 bits per heavy atom. The average molecular weight is 316 g/mol. The molecule has 0 bridgehead atoms. The molecule has 0 radical (unpaired) electrons. The van der Waals surface area contributed by atoms with Crippen LogP contribution in [0.5, 0.6) is 0 Å². The number of fused-ring (bicyclic) bond motifs is 1. The lowest BCUT2D eigenvalue weighted by atomic mass is 9.99. The van der Waals surface area contributed by atoms with Crippen LogP contribution >= 0.6 is 0 Å². The number of amides is 2. The molecule has 1 unspecified atom stereocenters. The summed E-state index contributed by atoms with van der Waals surface area (Å²) >= 11 is 0. The second kappa shape index (κ2) is 7.13. The van der Waals surface area contributed by atoms with Gasteiger partial charge in [0.15, 0.2) is 0 Å². The van der Waals surface area contributed by atoms with Gasteiger partial charge in [0.25, 0.3) is 0 Å². The highest BCUT2D eigenvalue weighted by atomic mass is 16.5. The first-order valence-electron chi connectivity index (χ1n) is 8.51. The smallest absolute Gasteiger partial charge is 0.229 e. The number of hydrogen-bond acceptors (Lipinski definition) is 3. The number of carbonyl (C=O) groups is 2. The lowest BCUT2D eigenvalue weighted by molar-refractivity contribution is -0.123. The van der Waals surface area contributed by atoms with Crippen LogP contribution in [0.15, 0.2) is 18.2 Å². The zero-order valence-electron chi connectivity index (χ0n) is 13.6. The summed E-state index contributed by atoms with van der Waals surface area (Å²) in [5, 5.41) is 3.00. The standard InChI is InChI=1S/C18H24N2O3/c1-2-9-20-16-7-6-15(11-13(16)5-8-17(20)21)19-18(22)14-4-3-10-23-12-14/h6-7,11,14H,2-5,8-10,12H2,1H3,(H,19,22). The Morgan fingerprint density at radius 2 is 2.26 bits per heavy atom. The molecule has 0 aromatic heterocycles. The number of anilines is 2. The molecule has 3 rings (SSSR count). The van der Waals surface area contributed by atoms with Gasteiger partial charge >= 0.3 is 0 Å². The van der Waals surface area contributed by atoms with Crippen molar-refractivity contribution in [3.05, 3.63) is 23.8 Å². The molecule has 1 aromatic rings. The first kappa shape index (κ1) is 16.0. The summed E-state index contributed by atoms with van der Waals surface area (Å²) in [6, 6.07) is 5.85. The lowest BCUT2D eigenvalue weighted by Crippen LogP contribution is -2.35. The van der Waals surface area contributed by atoms with Crippen LogP contribution in [0.3, 0.4) is 0 Å². The third-order valence-electron chi connectivity index (χ3n) is 4.53. The van der Waals surface area contributed by atoms with E-state index in [0.717, 1.165) is 55.8 Å². The summed E-state index contributed by atoms with van der Waals surface area (Å²) in [6.07, 6.45) is 4.04. The number of nitrogens with zero attached hydrogens (tertiary/aromatic N) is 1. The second-order valence-electron chi connectivity index (χ2n) is 6.29. The lowest BCUT2D eigenvalue weighted by Gasteiger charge is -2.29. The molecule has 2 aliphatic heterocycles. The molecule has 2 amide bonds. The molecule has 124 valence electrons. The van der Waals surface area contributed by atoms with Gasteiger partial charge in [-0.3, -0.25) is 9.59 Å². The molecule has 0 saturated carbocycles. The van der Waals surface area contributed by atoms with Crippen LogP contribution in [0.25, 0.3) is 0 Å². The van der Waals surface area contributed by atoms with E-state index >= 15 is 0 Å². The topological polar surface area (TPSA) is 58.6 Å². The maximum Gasteiger partial charge on any atom is 0.229 e. The zero-order chi connectivity index (χ0) is 16.2. The van der Waals surface area contributed by atoms with Gasteiger partial charge in [-0.15, -0.1) is 0 Å². The highest BCUT2D eigenvalue weighted by Crippen LogP contribution is 2.30. The van der Waals surface area contributed by atoms with E-state index in [2.05, 4.69) is 12.2 Å². The molecule has 1 atom stereocenters. The third kappa shape index (κ3) is 3.55. The SMILES string of the molecule is CCCN1C(=O)CCc2cc(NC(=O)C3CCCOC3)ccc21. The zero-order valence-corrected chi connectivity index (χ0v) is 13.6. The summed E-state index contributed by atoms with van der Waals surface area (Å²) in [7, 11) is 0. The van der Waals surface area contributed by atoms with Crippen molar-refractivity contribution in [2.24, 2.45) is 5.92 Å². The Labute approximate surface area is 137 Å². The monoisotopic (exact) mass is 316 g/mol. The third-order valence-corrected chi connectivity index (χ3v) is 4.53. The molecule has 0 aliphatic carbocycles. The Hall–Kier alpha value is -1.88. The van der Waals surface area contributed by atoms with Crippen molar-refractivity contribution in [2.45, 2.75) is 39.0 Å². The molecule has 2 aliphatic rings. The normalized spacial score (nSPS) is 21.0. The summed E-state index contributed by atoms with van der Waals surface area (Å²) in [6.45, 7) is 4.08. The van der Waals surface area contributed by atoms with Crippen molar-refractivity contribution in [2.75, 3.05) is 30.0 Å². The summed E-state index contributed by atoms with van der Waals surface area (Å²) in [5.74, 6) is 0.162. The van der Waals surface area contributed by atoms with Gasteiger partial charge in [-0.2, -0.15) is 0 Å². The molecule has 2 heterocycles. The highest BCUT2D eigenvalue weighted by molar-refractivity contribution is 5.98. The number of aryl methyl sites for hydroxylation is 1. The summed E-state index contributed by atoms with van der Waals surface area (Å²) in [5.41, 5.74) is 2.93. The van der Waals surface area contributed by atoms with Crippen molar-refractivity contribution in [1.29, 1.82) is 0 Å². The van der Waals surface area contributed by atoms with Gasteiger partial charge in [-0.05, 0) is 49.4 Å². The molecule has 23 heavy (non-hydrogen) atoms. The number of hydrogen-bond donors (Lipinski definition) is 1. The van der Waals surface area contributed by atoms with Crippen molar-refractivity contribution >= 4 is 23.2 Å². The fraction of sp³-hybridized carbons (Fsp3) is 0.556. The number of ether oxygens (including phenoxy) is 1. The van der Waals surface area contributed by atoms with Gasteiger partial charge < -0.3 is 15.0 Å². The van der Waals surface area contributed by atoms with Crippen LogP contribution in [-0.2, 0) is 20.7 Å². The van der Waals surface area contributed by atoms with Crippen LogP contribution in [0.1, 0.15) is 38.2 Å². The van der Waals surface area contributed by atoms with E-state index in [4.69, 9.17) is 4.74 Å². The van der Waals surface area contributed by atoms with Crippen LogP contribution in [0, 0.1) is 5.92 Å². The van der Waals surface area contributed by atoms with Gasteiger partial charge in [0.05, 0.1) is 12.5 Å². The minimum Gasteiger partial charge on any atom is -0.381 e. The molecular formula is C18H24N2O3. The molecular weight excluding hydrogens is 292 g/mol. The Balaban J connectivity index is 1.73. The van der Waals surface area contributed by atoms with Gasteiger partial charge in [0.2, 0.25) is 11.8 Å². The molecule has 1 fully saturated rings. The fourth-order valence-electron chi connectivity index (χ4n) is 3.30. The van der Waals surface area contributed by atoms with Crippen LogP contribution in [0.2, 0.25) is 0 Å². The van der Waals surface area contributed by atoms with Gasteiger partial charge in [-0.25, -0.2) is 0 Å². The predicted octanol–water partition coefficient (Wildman–Crippen LogP) is 2.74. The minimum absolute atomic E-state index is 0.0296. The fourth-order valence-corrected chi connectivity index (χ4v) is 3.30. The molecule has 1 aromatic carbocycles. The van der Waals surface area contributed by atoms with E-state index in [-0.39, 0.29) is 17.7 Å². The van der Waals surface area contributed by atoms with E-state index in [9.17, 15) is 9.59 Å². The van der Waals surface area contributed by atoms with E-state index in [1.54, 1.807) is 0 Å². The molecule has 1 saturated heterocycles. The Kier molecular flexibility index (Phi) is 4.96. The molecule has 1 N–H and O–H groups in total. The van der Waals surface area contributed by atoms with Crippen molar-refractivity contribution in [3.8, 4) is 0 Å². The van der Waals surface area contributed by atoms with Crippen LogP contribution in [-0.4, -0.2) is 31.6 Å². The van der Waals surface area contributed by atoms with Crippen molar-refractivity contribution in [3.63, 3.8) is 0 Å². The van der Waals surface area contributed by atoms with E-state index < -0.39 is 0 Å². The van der Waals surface area contributed by atoms with Crippen molar-refractivity contribution in [1.82, 2.24) is 0 Å². The predicted molar refractivity (Wildman–Crippen MR) is 89.6 cm³/mol. The number of rotatable bonds is 4. The van der Waals surface area contributed by atoms with Gasteiger partial charge in [0, 0.05) is 30.9 Å². The summed E-state index contributed by atoms with van der Waals surface area (Å²) in [4.78, 5) is 26.2. The quantitative estimate of drug-likeness (QED) is 0.929. The van der Waals surface area contributed by atoms with E-state index in [0.29, 0.717) is 13.0 Å². The molecule has 0 spiro atoms. The minimum atomic E-state index is -0.0575. The Morgan fingerprint density at radius 1 is 1.39 bits per heavy atom. The van der Waals surface area contributed by atoms with Gasteiger partial charge in [0.1, 0.15) is 0 Å². The highest BCUT2D eigenvalue weighted by Gasteiger charge is 2.25. The van der Waals surface area contributed by atoms with Crippen LogP contribution in [0.4, 0.5) is 11.4 Å². The largest absolute Gasteiger partial charge is 0.381 e. The number of benzene rings is 1. The number of nitrogens with one attached hydrogen (secondary N) is 1. The summed E-state index contributed by atoms with van der Waals surface area (Å²) < 4.78 is 5.38. The van der Waals surface area contributed by atoms with Crippen molar-refractivity contribution < 1.29 is 14.3 Å². The van der Waals surface area contributed by atoms with Crippen LogP contribution < -0.4 is 10.2 Å². The Bertz CT molecular complexity index is 594. The second-order valence-corrected chi connectivity index (χ2v) is 6.29. The van der Waals surface area contributed by atoms with E-state index in [1.165, 1.54) is 0 Å². The first-order chi connectivity index (χ1) is 11.2.